The van der Waals surface area contributed by atoms with Gasteiger partial charge in [0.25, 0.3) is 0 Å². The molecule has 1 atom stereocenters. The van der Waals surface area contributed by atoms with Crippen molar-refractivity contribution < 1.29 is 27.9 Å². The number of halogens is 3. The smallest absolute Gasteiger partial charge is 0.417 e. The first-order valence-corrected chi connectivity index (χ1v) is 12.6. The average molecular weight is 517 g/mol. The summed E-state index contributed by atoms with van der Waals surface area (Å²) in [5.74, 6) is -1.14. The molecule has 2 aromatic carbocycles. The fourth-order valence-corrected chi connectivity index (χ4v) is 4.89. The van der Waals surface area contributed by atoms with Gasteiger partial charge in [0.2, 0.25) is 0 Å². The van der Waals surface area contributed by atoms with Crippen LogP contribution in [0, 0.1) is 11.8 Å². The molecule has 0 saturated carbocycles. The van der Waals surface area contributed by atoms with Gasteiger partial charge in [0.15, 0.2) is 0 Å². The van der Waals surface area contributed by atoms with Crippen LogP contribution in [0.15, 0.2) is 48.2 Å². The number of nitrogens with one attached hydrogen (secondary N) is 1. The minimum Gasteiger partial charge on any atom is -0.478 e. The van der Waals surface area contributed by atoms with Crippen molar-refractivity contribution in [1.82, 2.24) is 5.32 Å². The van der Waals surface area contributed by atoms with Crippen molar-refractivity contribution in [3.63, 3.8) is 0 Å². The normalized spacial score (nSPS) is 18.3. The Labute approximate surface area is 216 Å². The summed E-state index contributed by atoms with van der Waals surface area (Å²) in [5, 5.41) is 12.2. The number of carboxylic acid groups (broad SMARTS) is 1. The second-order valence-electron chi connectivity index (χ2n) is 10.5. The monoisotopic (exact) mass is 516 g/mol. The van der Waals surface area contributed by atoms with Gasteiger partial charge in [-0.3, -0.25) is 4.90 Å². The third kappa shape index (κ3) is 5.84. The summed E-state index contributed by atoms with van der Waals surface area (Å²) in [6, 6.07) is 8.46. The molecule has 1 aliphatic heterocycles. The van der Waals surface area contributed by atoms with E-state index in [0.29, 0.717) is 12.0 Å². The molecule has 0 saturated heterocycles. The molecule has 0 bridgehead atoms. The molecular weight excluding hydrogens is 481 g/mol. The summed E-state index contributed by atoms with van der Waals surface area (Å²) in [6.07, 6.45) is -0.416. The maximum Gasteiger partial charge on any atom is 0.417 e. The first kappa shape index (κ1) is 28.3. The molecule has 0 radical (unpaired) electrons. The SMILES string of the molecule is CCc1cc([C@]2(C)NC(=O)N(c3ccc(C(=O)O)c(C(F)(F)F)c3)C=C2C(C)C)ccc1CCC(C)C. The lowest BCUT2D eigenvalue weighted by atomic mass is 9.77. The lowest BCUT2D eigenvalue weighted by Crippen LogP contribution is -2.55. The molecule has 0 unspecified atom stereocenters. The van der Waals surface area contributed by atoms with Crippen molar-refractivity contribution in [1.29, 1.82) is 0 Å². The van der Waals surface area contributed by atoms with Crippen molar-refractivity contribution in [2.75, 3.05) is 4.90 Å². The number of amides is 2. The largest absolute Gasteiger partial charge is 0.478 e. The number of rotatable bonds is 8. The van der Waals surface area contributed by atoms with E-state index < -0.39 is 34.8 Å². The Morgan fingerprint density at radius 2 is 1.76 bits per heavy atom. The number of hydrogen-bond acceptors (Lipinski definition) is 2. The number of alkyl halides is 3. The summed E-state index contributed by atoms with van der Waals surface area (Å²) in [5.41, 5.74) is 1.12. The van der Waals surface area contributed by atoms with Gasteiger partial charge in [0.05, 0.1) is 22.4 Å². The number of hydrogen-bond donors (Lipinski definition) is 2. The molecule has 0 spiro atoms. The molecule has 2 N–H and O–H groups in total. The van der Waals surface area contributed by atoms with E-state index in [0.717, 1.165) is 41.4 Å². The van der Waals surface area contributed by atoms with Crippen LogP contribution in [0.3, 0.4) is 0 Å². The Hall–Kier alpha value is -3.29. The molecular formula is C29H35F3N2O3. The first-order chi connectivity index (χ1) is 17.2. The molecule has 5 nitrogen and oxygen atoms in total. The van der Waals surface area contributed by atoms with E-state index >= 15 is 0 Å². The highest BCUT2D eigenvalue weighted by molar-refractivity contribution is 5.97. The highest BCUT2D eigenvalue weighted by Crippen LogP contribution is 2.40. The molecule has 37 heavy (non-hydrogen) atoms. The van der Waals surface area contributed by atoms with Crippen LogP contribution >= 0.6 is 0 Å². The Bertz CT molecular complexity index is 1220. The molecule has 2 amide bonds. The van der Waals surface area contributed by atoms with Gasteiger partial charge >= 0.3 is 18.2 Å². The predicted octanol–water partition coefficient (Wildman–Crippen LogP) is 7.54. The molecule has 8 heteroatoms. The number of carbonyl (C=O) groups is 2. The lowest BCUT2D eigenvalue weighted by molar-refractivity contribution is -0.138. The highest BCUT2D eigenvalue weighted by atomic mass is 19.4. The van der Waals surface area contributed by atoms with Gasteiger partial charge in [-0.05, 0) is 78.5 Å². The highest BCUT2D eigenvalue weighted by Gasteiger charge is 2.41. The van der Waals surface area contributed by atoms with Crippen LogP contribution in [0.4, 0.5) is 23.7 Å². The topological polar surface area (TPSA) is 69.6 Å². The van der Waals surface area contributed by atoms with E-state index in [4.69, 9.17) is 0 Å². The maximum absolute atomic E-state index is 13.6. The van der Waals surface area contributed by atoms with Gasteiger partial charge in [0.1, 0.15) is 0 Å². The summed E-state index contributed by atoms with van der Waals surface area (Å²) in [6.45, 7) is 12.3. The van der Waals surface area contributed by atoms with Gasteiger partial charge in [-0.15, -0.1) is 0 Å². The van der Waals surface area contributed by atoms with Gasteiger partial charge < -0.3 is 10.4 Å². The van der Waals surface area contributed by atoms with Crippen LogP contribution in [-0.4, -0.2) is 17.1 Å². The number of aryl methyl sites for hydroxylation is 2. The van der Waals surface area contributed by atoms with Crippen molar-refractivity contribution in [2.24, 2.45) is 11.8 Å². The Kier molecular flexibility index (Phi) is 8.10. The molecule has 0 aliphatic carbocycles. The van der Waals surface area contributed by atoms with Crippen LogP contribution in [0.25, 0.3) is 0 Å². The van der Waals surface area contributed by atoms with E-state index in [-0.39, 0.29) is 11.6 Å². The second kappa shape index (κ2) is 10.6. The second-order valence-corrected chi connectivity index (χ2v) is 10.5. The van der Waals surface area contributed by atoms with E-state index in [2.05, 4.69) is 38.2 Å². The molecule has 0 aromatic heterocycles. The number of urea groups is 1. The van der Waals surface area contributed by atoms with E-state index in [1.165, 1.54) is 17.2 Å². The first-order valence-electron chi connectivity index (χ1n) is 12.6. The Balaban J connectivity index is 2.09. The molecule has 2 aromatic rings. The van der Waals surface area contributed by atoms with Crippen molar-refractivity contribution in [3.8, 4) is 0 Å². The third-order valence-electron chi connectivity index (χ3n) is 7.02. The number of aromatic carboxylic acids is 1. The average Bonchev–Trinajstić information content (AvgIpc) is 2.81. The van der Waals surface area contributed by atoms with Gasteiger partial charge in [-0.25, -0.2) is 9.59 Å². The quantitative estimate of drug-likeness (QED) is 0.381. The van der Waals surface area contributed by atoms with Crippen LogP contribution < -0.4 is 10.2 Å². The molecule has 0 fully saturated rings. The van der Waals surface area contributed by atoms with Gasteiger partial charge in [0, 0.05) is 6.20 Å². The Morgan fingerprint density at radius 3 is 2.30 bits per heavy atom. The summed E-state index contributed by atoms with van der Waals surface area (Å²) >= 11 is 0. The number of anilines is 1. The number of carboxylic acids is 1. The van der Waals surface area contributed by atoms with Crippen LogP contribution in [0.1, 0.15) is 80.6 Å². The molecule has 1 heterocycles. The van der Waals surface area contributed by atoms with Crippen molar-refractivity contribution in [2.45, 2.75) is 72.5 Å². The summed E-state index contributed by atoms with van der Waals surface area (Å²) in [7, 11) is 0. The van der Waals surface area contributed by atoms with E-state index in [1.807, 2.05) is 26.8 Å². The minimum atomic E-state index is -4.89. The number of benzene rings is 2. The summed E-state index contributed by atoms with van der Waals surface area (Å²) in [4.78, 5) is 25.8. The standard InChI is InChI=1S/C29H35F3N2O3/c1-7-19-14-21(11-10-20(19)9-8-17(2)3)28(6)25(18(4)5)16-34(27(37)33-28)22-12-13-23(26(35)36)24(15-22)29(30,31)32/h10-18H,7-9H2,1-6H3,(H,33,37)(H,35,36)/t28-/m0/s1. The molecule has 1 aliphatic rings. The maximum atomic E-state index is 13.6. The third-order valence-corrected chi connectivity index (χ3v) is 7.02. The minimum absolute atomic E-state index is 0.0424. The zero-order valence-electron chi connectivity index (χ0n) is 22.2. The number of nitrogens with zero attached hydrogens (tertiary/aromatic N) is 1. The van der Waals surface area contributed by atoms with Crippen LogP contribution in [-0.2, 0) is 24.6 Å². The fraction of sp³-hybridized carbons (Fsp3) is 0.448. The zero-order chi connectivity index (χ0) is 27.7. The fourth-order valence-electron chi connectivity index (χ4n) is 4.89. The Morgan fingerprint density at radius 1 is 1.08 bits per heavy atom. The zero-order valence-corrected chi connectivity index (χ0v) is 22.2. The van der Waals surface area contributed by atoms with Crippen molar-refractivity contribution >= 4 is 17.7 Å². The van der Waals surface area contributed by atoms with Crippen LogP contribution in [0.5, 0.6) is 0 Å². The van der Waals surface area contributed by atoms with E-state index in [9.17, 15) is 27.9 Å². The lowest BCUT2D eigenvalue weighted by Gasteiger charge is -2.42. The molecule has 3 rings (SSSR count). The predicted molar refractivity (Wildman–Crippen MR) is 139 cm³/mol. The van der Waals surface area contributed by atoms with Crippen molar-refractivity contribution in [3.05, 3.63) is 76.0 Å². The summed E-state index contributed by atoms with van der Waals surface area (Å²) < 4.78 is 40.8. The van der Waals surface area contributed by atoms with Gasteiger partial charge in [-0.2, -0.15) is 13.2 Å². The van der Waals surface area contributed by atoms with E-state index in [1.54, 1.807) is 6.20 Å². The molecule has 200 valence electrons. The van der Waals surface area contributed by atoms with Gasteiger partial charge in [-0.1, -0.05) is 52.8 Å². The van der Waals surface area contributed by atoms with Crippen LogP contribution in [0.2, 0.25) is 0 Å². The number of carbonyl (C=O) groups excluding carboxylic acids is 1.